The molecular formula is C18H23N5O2. The van der Waals surface area contributed by atoms with Gasteiger partial charge in [0.05, 0.1) is 11.6 Å². The third-order valence-corrected chi connectivity index (χ3v) is 5.12. The molecule has 1 aliphatic heterocycles. The highest BCUT2D eigenvalue weighted by Crippen LogP contribution is 2.41. The van der Waals surface area contributed by atoms with E-state index < -0.39 is 0 Å². The van der Waals surface area contributed by atoms with E-state index in [-0.39, 0.29) is 17.9 Å². The minimum absolute atomic E-state index is 0.103. The van der Waals surface area contributed by atoms with Crippen LogP contribution < -0.4 is 5.32 Å². The third-order valence-electron chi connectivity index (χ3n) is 5.12. The molecule has 1 aliphatic carbocycles. The smallest absolute Gasteiger partial charge is 0.271 e. The summed E-state index contributed by atoms with van der Waals surface area (Å²) in [5.41, 5.74) is 2.32. The van der Waals surface area contributed by atoms with E-state index in [1.165, 1.54) is 12.8 Å². The first-order valence-corrected chi connectivity index (χ1v) is 8.91. The Morgan fingerprint density at radius 1 is 1.28 bits per heavy atom. The van der Waals surface area contributed by atoms with Crippen LogP contribution in [0.4, 0.5) is 0 Å². The molecular weight excluding hydrogens is 318 g/mol. The van der Waals surface area contributed by atoms with Gasteiger partial charge in [-0.1, -0.05) is 0 Å². The quantitative estimate of drug-likeness (QED) is 0.891. The van der Waals surface area contributed by atoms with Crippen molar-refractivity contribution in [3.05, 3.63) is 41.5 Å². The van der Waals surface area contributed by atoms with Crippen LogP contribution in [0.25, 0.3) is 0 Å². The first-order valence-electron chi connectivity index (χ1n) is 8.91. The lowest BCUT2D eigenvalue weighted by atomic mass is 10.0. The number of hydrogen-bond donors (Lipinski definition) is 2. The number of H-pyrrole nitrogens is 1. The molecule has 3 heterocycles. The van der Waals surface area contributed by atoms with Crippen molar-refractivity contribution in [1.82, 2.24) is 25.0 Å². The summed E-state index contributed by atoms with van der Waals surface area (Å²) in [5.74, 6) is 0.436. The average molecular weight is 341 g/mol. The third kappa shape index (κ3) is 3.06. The molecule has 1 saturated carbocycles. The minimum Gasteiger partial charge on any atom is -0.364 e. The maximum atomic E-state index is 13.0. The molecule has 0 spiro atoms. The number of carbonyl (C=O) groups excluding carboxylic acids is 2. The number of aromatic amines is 1. The standard InChI is InChI=1S/C18H23N5O2/c1-19-17(24)15-7-10-23(21-15)13-3-2-9-22(11-13)18(25)14-6-8-20-16(14)12-4-5-12/h6-8,10,12-13,20H,2-5,9,11H2,1H3,(H,19,24). The van der Waals surface area contributed by atoms with Gasteiger partial charge in [-0.05, 0) is 43.7 Å². The van der Waals surface area contributed by atoms with Crippen molar-refractivity contribution in [2.45, 2.75) is 37.6 Å². The maximum absolute atomic E-state index is 13.0. The van der Waals surface area contributed by atoms with Crippen LogP contribution in [0.3, 0.4) is 0 Å². The zero-order valence-corrected chi connectivity index (χ0v) is 14.4. The molecule has 2 amide bonds. The van der Waals surface area contributed by atoms with E-state index in [9.17, 15) is 9.59 Å². The average Bonchev–Trinajstić information content (AvgIpc) is 3.18. The Kier molecular flexibility index (Phi) is 4.07. The number of rotatable bonds is 4. The normalized spacial score (nSPS) is 20.5. The van der Waals surface area contributed by atoms with Crippen LogP contribution in [0, 0.1) is 0 Å². The number of carbonyl (C=O) groups is 2. The Labute approximate surface area is 146 Å². The van der Waals surface area contributed by atoms with Crippen molar-refractivity contribution in [1.29, 1.82) is 0 Å². The van der Waals surface area contributed by atoms with Gasteiger partial charge in [-0.25, -0.2) is 0 Å². The molecule has 0 bridgehead atoms. The number of amides is 2. The molecule has 1 unspecified atom stereocenters. The largest absolute Gasteiger partial charge is 0.364 e. The summed E-state index contributed by atoms with van der Waals surface area (Å²) < 4.78 is 1.82. The number of nitrogens with zero attached hydrogens (tertiary/aromatic N) is 3. The maximum Gasteiger partial charge on any atom is 0.271 e. The summed E-state index contributed by atoms with van der Waals surface area (Å²) in [4.78, 5) is 29.8. The van der Waals surface area contributed by atoms with E-state index in [2.05, 4.69) is 15.4 Å². The van der Waals surface area contributed by atoms with Gasteiger partial charge in [-0.3, -0.25) is 14.3 Å². The van der Waals surface area contributed by atoms with E-state index in [1.807, 2.05) is 28.0 Å². The van der Waals surface area contributed by atoms with Crippen molar-refractivity contribution < 1.29 is 9.59 Å². The molecule has 1 saturated heterocycles. The Hall–Kier alpha value is -2.57. The topological polar surface area (TPSA) is 83.0 Å². The molecule has 0 radical (unpaired) electrons. The van der Waals surface area contributed by atoms with Crippen molar-refractivity contribution in [3.63, 3.8) is 0 Å². The fourth-order valence-electron chi connectivity index (χ4n) is 3.59. The van der Waals surface area contributed by atoms with Crippen molar-refractivity contribution in [3.8, 4) is 0 Å². The first kappa shape index (κ1) is 15.9. The molecule has 7 nitrogen and oxygen atoms in total. The SMILES string of the molecule is CNC(=O)c1ccn(C2CCCN(C(=O)c3cc[nH]c3C3CC3)C2)n1. The number of aromatic nitrogens is 3. The second-order valence-electron chi connectivity index (χ2n) is 6.89. The molecule has 2 aliphatic rings. The second kappa shape index (κ2) is 6.38. The highest BCUT2D eigenvalue weighted by Gasteiger charge is 2.32. The van der Waals surface area contributed by atoms with Gasteiger partial charge in [0.15, 0.2) is 0 Å². The van der Waals surface area contributed by atoms with Crippen LogP contribution >= 0.6 is 0 Å². The van der Waals surface area contributed by atoms with Crippen molar-refractivity contribution in [2.75, 3.05) is 20.1 Å². The van der Waals surface area contributed by atoms with Crippen LogP contribution in [0.15, 0.2) is 24.5 Å². The zero-order valence-electron chi connectivity index (χ0n) is 14.4. The molecule has 2 N–H and O–H groups in total. The summed E-state index contributed by atoms with van der Waals surface area (Å²) in [7, 11) is 1.59. The minimum atomic E-state index is -0.191. The molecule has 132 valence electrons. The molecule has 2 fully saturated rings. The summed E-state index contributed by atoms with van der Waals surface area (Å²) in [6.45, 7) is 1.40. The molecule has 2 aromatic heterocycles. The lowest BCUT2D eigenvalue weighted by Crippen LogP contribution is -2.41. The summed E-state index contributed by atoms with van der Waals surface area (Å²) in [6, 6.07) is 3.73. The Morgan fingerprint density at radius 2 is 2.12 bits per heavy atom. The highest BCUT2D eigenvalue weighted by atomic mass is 16.2. The van der Waals surface area contributed by atoms with Crippen molar-refractivity contribution in [2.24, 2.45) is 0 Å². The van der Waals surface area contributed by atoms with Crippen LogP contribution in [0.5, 0.6) is 0 Å². The Balaban J connectivity index is 1.49. The fraction of sp³-hybridized carbons (Fsp3) is 0.500. The lowest BCUT2D eigenvalue weighted by Gasteiger charge is -2.33. The van der Waals surface area contributed by atoms with E-state index in [1.54, 1.807) is 13.1 Å². The van der Waals surface area contributed by atoms with Crippen LogP contribution in [-0.2, 0) is 0 Å². The van der Waals surface area contributed by atoms with E-state index >= 15 is 0 Å². The predicted octanol–water partition coefficient (Wildman–Crippen LogP) is 1.93. The van der Waals surface area contributed by atoms with Gasteiger partial charge in [0.1, 0.15) is 5.69 Å². The number of piperidine rings is 1. The van der Waals surface area contributed by atoms with Gasteiger partial charge in [0.25, 0.3) is 11.8 Å². The molecule has 1 atom stereocenters. The molecule has 25 heavy (non-hydrogen) atoms. The van der Waals surface area contributed by atoms with Gasteiger partial charge in [-0.2, -0.15) is 5.10 Å². The van der Waals surface area contributed by atoms with Gasteiger partial charge in [0, 0.05) is 38.2 Å². The van der Waals surface area contributed by atoms with Crippen LogP contribution in [0.2, 0.25) is 0 Å². The number of likely N-dealkylation sites (tertiary alicyclic amines) is 1. The van der Waals surface area contributed by atoms with Crippen LogP contribution in [-0.4, -0.2) is 51.6 Å². The van der Waals surface area contributed by atoms with Gasteiger partial charge >= 0.3 is 0 Å². The van der Waals surface area contributed by atoms with Crippen molar-refractivity contribution >= 4 is 11.8 Å². The molecule has 7 heteroatoms. The molecule has 0 aromatic carbocycles. The van der Waals surface area contributed by atoms with Gasteiger partial charge in [0.2, 0.25) is 0 Å². The van der Waals surface area contributed by atoms with E-state index in [0.29, 0.717) is 18.2 Å². The summed E-state index contributed by atoms with van der Waals surface area (Å²) >= 11 is 0. The zero-order chi connectivity index (χ0) is 17.4. The Morgan fingerprint density at radius 3 is 2.88 bits per heavy atom. The Bertz CT molecular complexity index is 789. The highest BCUT2D eigenvalue weighted by molar-refractivity contribution is 5.96. The van der Waals surface area contributed by atoms with Crippen LogP contribution in [0.1, 0.15) is 64.2 Å². The summed E-state index contributed by atoms with van der Waals surface area (Å²) in [6.07, 6.45) is 7.93. The predicted molar refractivity (Wildman–Crippen MR) is 92.6 cm³/mol. The number of nitrogens with one attached hydrogen (secondary N) is 2. The van der Waals surface area contributed by atoms with E-state index in [4.69, 9.17) is 0 Å². The van der Waals surface area contributed by atoms with E-state index in [0.717, 1.165) is 30.6 Å². The lowest BCUT2D eigenvalue weighted by molar-refractivity contribution is 0.0670. The number of hydrogen-bond acceptors (Lipinski definition) is 3. The first-order chi connectivity index (χ1) is 12.2. The second-order valence-corrected chi connectivity index (χ2v) is 6.89. The van der Waals surface area contributed by atoms with Gasteiger partial charge < -0.3 is 15.2 Å². The van der Waals surface area contributed by atoms with Gasteiger partial charge in [-0.15, -0.1) is 0 Å². The molecule has 2 aromatic rings. The fourth-order valence-corrected chi connectivity index (χ4v) is 3.59. The molecule has 4 rings (SSSR count). The monoisotopic (exact) mass is 341 g/mol. The summed E-state index contributed by atoms with van der Waals surface area (Å²) in [5, 5.41) is 6.96.